The number of anilines is 1. The Labute approximate surface area is 165 Å². The monoisotopic (exact) mass is 390 g/mol. The Balaban J connectivity index is 1.60. The Morgan fingerprint density at radius 1 is 1.11 bits per heavy atom. The molecule has 2 aromatic carbocycles. The summed E-state index contributed by atoms with van der Waals surface area (Å²) in [6.07, 6.45) is 0. The Morgan fingerprint density at radius 2 is 1.89 bits per heavy atom. The van der Waals surface area contributed by atoms with Crippen LogP contribution in [-0.4, -0.2) is 20.7 Å². The molecule has 4 aromatic rings. The number of nitrogens with one attached hydrogen (secondary N) is 1. The number of hydrogen-bond acceptors (Lipinski definition) is 5. The summed E-state index contributed by atoms with van der Waals surface area (Å²) in [6, 6.07) is 17.5. The molecule has 1 atom stereocenters. The zero-order chi connectivity index (χ0) is 19.7. The fourth-order valence-electron chi connectivity index (χ4n) is 2.94. The molecule has 140 valence electrons. The summed E-state index contributed by atoms with van der Waals surface area (Å²) < 4.78 is 2.28. The van der Waals surface area contributed by atoms with Gasteiger partial charge in [-0.15, -0.1) is 11.3 Å². The van der Waals surface area contributed by atoms with Gasteiger partial charge in [0.05, 0.1) is 20.9 Å². The molecule has 0 saturated carbocycles. The highest BCUT2D eigenvalue weighted by Crippen LogP contribution is 2.25. The number of thiazole rings is 1. The minimum Gasteiger partial charge on any atom is -0.324 e. The summed E-state index contributed by atoms with van der Waals surface area (Å²) in [5.41, 5.74) is 2.68. The van der Waals surface area contributed by atoms with Crippen molar-refractivity contribution in [1.29, 1.82) is 0 Å². The smallest absolute Gasteiger partial charge is 0.267 e. The number of aromatic nitrogens is 3. The Bertz CT molecular complexity index is 1210. The minimum absolute atomic E-state index is 0.314. The molecule has 28 heavy (non-hydrogen) atoms. The van der Waals surface area contributed by atoms with Gasteiger partial charge in [0.25, 0.3) is 5.56 Å². The predicted molar refractivity (Wildman–Crippen MR) is 112 cm³/mol. The number of hydrogen-bond donors (Lipinski definition) is 1. The number of aryl methyl sites for hydroxylation is 1. The molecule has 0 aliphatic heterocycles. The summed E-state index contributed by atoms with van der Waals surface area (Å²) in [5.74, 6) is -0.314. The molecule has 4 rings (SSSR count). The molecule has 0 spiro atoms. The molecule has 1 unspecified atom stereocenters. The average molecular weight is 390 g/mol. The fraction of sp³-hybridized carbons (Fsp3) is 0.143. The molecule has 1 N–H and O–H groups in total. The molecule has 0 saturated heterocycles. The summed E-state index contributed by atoms with van der Waals surface area (Å²) in [5, 5.41) is 8.22. The lowest BCUT2D eigenvalue weighted by molar-refractivity contribution is -0.119. The average Bonchev–Trinajstić information content (AvgIpc) is 3.07. The third kappa shape index (κ3) is 3.57. The molecule has 0 aliphatic rings. The molecule has 0 aliphatic carbocycles. The molecular weight excluding hydrogens is 372 g/mol. The van der Waals surface area contributed by atoms with E-state index in [9.17, 15) is 9.59 Å². The van der Waals surface area contributed by atoms with Crippen molar-refractivity contribution in [2.45, 2.75) is 19.9 Å². The van der Waals surface area contributed by atoms with Gasteiger partial charge < -0.3 is 5.32 Å². The first-order chi connectivity index (χ1) is 13.5. The summed E-state index contributed by atoms with van der Waals surface area (Å²) >= 11 is 1.61. The molecule has 1 amide bonds. The Hall–Kier alpha value is -3.32. The molecule has 0 radical (unpaired) electrons. The Morgan fingerprint density at radius 3 is 2.68 bits per heavy atom. The van der Waals surface area contributed by atoms with Gasteiger partial charge in [-0.2, -0.15) is 5.10 Å². The van der Waals surface area contributed by atoms with E-state index in [1.165, 1.54) is 10.7 Å². The number of rotatable bonds is 4. The second-order valence-electron chi connectivity index (χ2n) is 6.45. The van der Waals surface area contributed by atoms with E-state index >= 15 is 0 Å². The maximum Gasteiger partial charge on any atom is 0.267 e. The number of benzene rings is 2. The van der Waals surface area contributed by atoms with Gasteiger partial charge in [0.1, 0.15) is 6.04 Å². The van der Waals surface area contributed by atoms with E-state index in [2.05, 4.69) is 15.4 Å². The van der Waals surface area contributed by atoms with Gasteiger partial charge in [-0.25, -0.2) is 9.67 Å². The zero-order valence-corrected chi connectivity index (χ0v) is 16.2. The molecule has 6 nitrogen and oxygen atoms in total. The van der Waals surface area contributed by atoms with Crippen molar-refractivity contribution < 1.29 is 4.79 Å². The van der Waals surface area contributed by atoms with Crippen LogP contribution >= 0.6 is 11.3 Å². The van der Waals surface area contributed by atoms with E-state index in [0.717, 1.165) is 20.8 Å². The van der Waals surface area contributed by atoms with Crippen LogP contribution in [0.15, 0.2) is 65.5 Å². The van der Waals surface area contributed by atoms with Crippen LogP contribution in [0.1, 0.15) is 18.0 Å². The second-order valence-corrected chi connectivity index (χ2v) is 7.68. The van der Waals surface area contributed by atoms with Crippen LogP contribution in [0.4, 0.5) is 5.69 Å². The SMILES string of the molecule is Cc1nc2cc(NC(=O)C(C)n3nc(-c4ccccc4)ccc3=O)ccc2s1. The maximum atomic E-state index is 12.7. The number of fused-ring (bicyclic) bond motifs is 1. The van der Waals surface area contributed by atoms with Crippen LogP contribution in [-0.2, 0) is 4.79 Å². The number of carbonyl (C=O) groups is 1. The van der Waals surface area contributed by atoms with Crippen LogP contribution in [0.3, 0.4) is 0 Å². The van der Waals surface area contributed by atoms with Crippen molar-refractivity contribution >= 4 is 33.1 Å². The largest absolute Gasteiger partial charge is 0.324 e. The van der Waals surface area contributed by atoms with Gasteiger partial charge in [0.2, 0.25) is 5.91 Å². The molecule has 0 bridgehead atoms. The normalized spacial score (nSPS) is 12.1. The van der Waals surface area contributed by atoms with E-state index in [1.54, 1.807) is 24.3 Å². The summed E-state index contributed by atoms with van der Waals surface area (Å²) in [7, 11) is 0. The van der Waals surface area contributed by atoms with Crippen molar-refractivity contribution in [3.05, 3.63) is 76.0 Å². The van der Waals surface area contributed by atoms with Crippen molar-refractivity contribution in [2.75, 3.05) is 5.32 Å². The molecule has 2 aromatic heterocycles. The van der Waals surface area contributed by atoms with Gasteiger partial charge >= 0.3 is 0 Å². The predicted octanol–water partition coefficient (Wildman–Crippen LogP) is 4.03. The lowest BCUT2D eigenvalue weighted by Crippen LogP contribution is -2.33. The highest BCUT2D eigenvalue weighted by molar-refractivity contribution is 7.18. The first-order valence-corrected chi connectivity index (χ1v) is 9.66. The maximum absolute atomic E-state index is 12.7. The van der Waals surface area contributed by atoms with Gasteiger partial charge in [-0.1, -0.05) is 30.3 Å². The van der Waals surface area contributed by atoms with E-state index in [1.807, 2.05) is 55.5 Å². The third-order valence-corrected chi connectivity index (χ3v) is 5.35. The second kappa shape index (κ2) is 7.36. The van der Waals surface area contributed by atoms with Gasteiger partial charge in [0.15, 0.2) is 0 Å². The van der Waals surface area contributed by atoms with E-state index in [0.29, 0.717) is 11.4 Å². The first-order valence-electron chi connectivity index (χ1n) is 8.84. The number of nitrogens with zero attached hydrogens (tertiary/aromatic N) is 3. The van der Waals surface area contributed by atoms with Gasteiger partial charge in [-0.3, -0.25) is 9.59 Å². The number of carbonyl (C=O) groups excluding carboxylic acids is 1. The third-order valence-electron chi connectivity index (χ3n) is 4.40. The highest BCUT2D eigenvalue weighted by atomic mass is 32.1. The van der Waals surface area contributed by atoms with Crippen molar-refractivity contribution in [3.63, 3.8) is 0 Å². The van der Waals surface area contributed by atoms with Gasteiger partial charge in [0, 0.05) is 17.3 Å². The topological polar surface area (TPSA) is 76.9 Å². The lowest BCUT2D eigenvalue weighted by atomic mass is 10.1. The quantitative estimate of drug-likeness (QED) is 0.571. The van der Waals surface area contributed by atoms with Crippen LogP contribution in [0.5, 0.6) is 0 Å². The lowest BCUT2D eigenvalue weighted by Gasteiger charge is -2.15. The van der Waals surface area contributed by atoms with E-state index in [-0.39, 0.29) is 11.5 Å². The van der Waals surface area contributed by atoms with Crippen molar-refractivity contribution in [3.8, 4) is 11.3 Å². The summed E-state index contributed by atoms with van der Waals surface area (Å²) in [6.45, 7) is 3.60. The fourth-order valence-corrected chi connectivity index (χ4v) is 3.75. The standard InChI is InChI=1S/C21H18N4O2S/c1-13(21(27)23-16-8-10-19-18(12-16)22-14(2)28-19)25-20(26)11-9-17(24-25)15-6-4-3-5-7-15/h3-13H,1-2H3,(H,23,27). The van der Waals surface area contributed by atoms with Crippen LogP contribution < -0.4 is 10.9 Å². The molecule has 0 fully saturated rings. The van der Waals surface area contributed by atoms with Crippen molar-refractivity contribution in [1.82, 2.24) is 14.8 Å². The van der Waals surface area contributed by atoms with E-state index in [4.69, 9.17) is 0 Å². The highest BCUT2D eigenvalue weighted by Gasteiger charge is 2.18. The molecule has 2 heterocycles. The van der Waals surface area contributed by atoms with Crippen molar-refractivity contribution in [2.24, 2.45) is 0 Å². The first kappa shape index (κ1) is 18.1. The molecule has 7 heteroatoms. The molecular formula is C21H18N4O2S. The minimum atomic E-state index is -0.760. The van der Waals surface area contributed by atoms with Gasteiger partial charge in [-0.05, 0) is 38.1 Å². The Kier molecular flexibility index (Phi) is 4.75. The zero-order valence-electron chi connectivity index (χ0n) is 15.4. The van der Waals surface area contributed by atoms with Crippen LogP contribution in [0, 0.1) is 6.92 Å². The van der Waals surface area contributed by atoms with Crippen LogP contribution in [0.25, 0.3) is 21.5 Å². The number of amides is 1. The van der Waals surface area contributed by atoms with Crippen LogP contribution in [0.2, 0.25) is 0 Å². The summed E-state index contributed by atoms with van der Waals surface area (Å²) in [4.78, 5) is 29.5. The van der Waals surface area contributed by atoms with E-state index < -0.39 is 6.04 Å².